The number of nitrogens with zero attached hydrogens (tertiary/aromatic N) is 4. The van der Waals surface area contributed by atoms with E-state index in [4.69, 9.17) is 4.63 Å². The Morgan fingerprint density at radius 2 is 2.26 bits per heavy atom. The SMILES string of the molecule is Cc1cc(CC2CN(Cc3cccc4nonc34)CC2O)n[nH]1. The van der Waals surface area contributed by atoms with Crippen molar-refractivity contribution in [3.05, 3.63) is 41.2 Å². The highest BCUT2D eigenvalue weighted by Gasteiger charge is 2.32. The summed E-state index contributed by atoms with van der Waals surface area (Å²) in [5.41, 5.74) is 4.71. The Balaban J connectivity index is 1.46. The third-order valence-corrected chi connectivity index (χ3v) is 4.48. The van der Waals surface area contributed by atoms with Crippen LogP contribution < -0.4 is 0 Å². The molecule has 3 aromatic rings. The summed E-state index contributed by atoms with van der Waals surface area (Å²) in [7, 11) is 0. The predicted octanol–water partition coefficient (Wildman–Crippen LogP) is 1.29. The van der Waals surface area contributed by atoms with Crippen molar-refractivity contribution in [1.82, 2.24) is 25.4 Å². The normalized spacial score (nSPS) is 22.2. The molecule has 0 aliphatic carbocycles. The number of hydrogen-bond donors (Lipinski definition) is 2. The van der Waals surface area contributed by atoms with Gasteiger partial charge in [-0.05, 0) is 41.4 Å². The number of likely N-dealkylation sites (tertiary alicyclic amines) is 1. The fourth-order valence-electron chi connectivity index (χ4n) is 3.35. The molecule has 0 radical (unpaired) electrons. The molecule has 4 rings (SSSR count). The Morgan fingerprint density at radius 1 is 1.35 bits per heavy atom. The third-order valence-electron chi connectivity index (χ3n) is 4.48. The minimum absolute atomic E-state index is 0.201. The van der Waals surface area contributed by atoms with Crippen molar-refractivity contribution in [2.24, 2.45) is 5.92 Å². The van der Waals surface area contributed by atoms with Gasteiger partial charge in [0.05, 0.1) is 11.8 Å². The minimum atomic E-state index is -0.332. The average molecular weight is 313 g/mol. The van der Waals surface area contributed by atoms with E-state index in [1.165, 1.54) is 0 Å². The van der Waals surface area contributed by atoms with Gasteiger partial charge in [0.2, 0.25) is 0 Å². The summed E-state index contributed by atoms with van der Waals surface area (Å²) in [6.45, 7) is 4.23. The van der Waals surface area contributed by atoms with Crippen molar-refractivity contribution in [3.8, 4) is 0 Å². The number of β-amino-alcohol motifs (C(OH)–C–C–N with tert-alkyl or cyclic N) is 1. The van der Waals surface area contributed by atoms with Crippen molar-refractivity contribution < 1.29 is 9.74 Å². The fourth-order valence-corrected chi connectivity index (χ4v) is 3.35. The second-order valence-electron chi connectivity index (χ2n) is 6.32. The largest absolute Gasteiger partial charge is 0.391 e. The third kappa shape index (κ3) is 2.85. The van der Waals surface area contributed by atoms with Gasteiger partial charge >= 0.3 is 0 Å². The van der Waals surface area contributed by atoms with E-state index in [0.717, 1.165) is 47.5 Å². The number of aromatic nitrogens is 4. The first kappa shape index (κ1) is 14.3. The number of aliphatic hydroxyl groups excluding tert-OH is 1. The number of aromatic amines is 1. The van der Waals surface area contributed by atoms with Crippen LogP contribution in [0, 0.1) is 12.8 Å². The molecule has 1 aliphatic heterocycles. The van der Waals surface area contributed by atoms with E-state index in [1.54, 1.807) is 0 Å². The van der Waals surface area contributed by atoms with E-state index in [2.05, 4.69) is 25.4 Å². The lowest BCUT2D eigenvalue weighted by molar-refractivity contribution is 0.140. The van der Waals surface area contributed by atoms with Gasteiger partial charge in [-0.15, -0.1) is 0 Å². The molecule has 2 atom stereocenters. The number of fused-ring (bicyclic) bond motifs is 1. The molecule has 1 fully saturated rings. The van der Waals surface area contributed by atoms with Gasteiger partial charge < -0.3 is 5.11 Å². The standard InChI is InChI=1S/C16H19N5O2/c1-10-5-13(18-17-10)6-12-8-21(9-15(12)22)7-11-3-2-4-14-16(11)20-23-19-14/h2-5,12,15,22H,6-9H2,1H3,(H,17,18). The highest BCUT2D eigenvalue weighted by atomic mass is 16.6. The second-order valence-corrected chi connectivity index (χ2v) is 6.32. The quantitative estimate of drug-likeness (QED) is 0.754. The molecule has 3 heterocycles. The first-order valence-corrected chi connectivity index (χ1v) is 7.80. The van der Waals surface area contributed by atoms with Crippen LogP contribution in [0.3, 0.4) is 0 Å². The van der Waals surface area contributed by atoms with Gasteiger partial charge in [0.25, 0.3) is 0 Å². The summed E-state index contributed by atoms with van der Waals surface area (Å²) in [6, 6.07) is 7.91. The molecule has 2 N–H and O–H groups in total. The van der Waals surface area contributed by atoms with Crippen LogP contribution in [-0.4, -0.2) is 49.7 Å². The van der Waals surface area contributed by atoms with Crippen molar-refractivity contribution >= 4 is 11.0 Å². The molecular weight excluding hydrogens is 294 g/mol. The van der Waals surface area contributed by atoms with Crippen LogP contribution in [0.2, 0.25) is 0 Å². The van der Waals surface area contributed by atoms with E-state index in [1.807, 2.05) is 31.2 Å². The average Bonchev–Trinajstić information content (AvgIpc) is 3.22. The summed E-state index contributed by atoms with van der Waals surface area (Å²) in [5.74, 6) is 0.201. The number of benzene rings is 1. The number of aryl methyl sites for hydroxylation is 1. The zero-order chi connectivity index (χ0) is 15.8. The molecule has 0 bridgehead atoms. The summed E-state index contributed by atoms with van der Waals surface area (Å²) in [4.78, 5) is 2.25. The van der Waals surface area contributed by atoms with E-state index in [9.17, 15) is 5.11 Å². The van der Waals surface area contributed by atoms with Gasteiger partial charge in [-0.25, -0.2) is 4.63 Å². The van der Waals surface area contributed by atoms with Gasteiger partial charge in [0, 0.05) is 31.2 Å². The lowest BCUT2D eigenvalue weighted by atomic mass is 10.0. The van der Waals surface area contributed by atoms with Gasteiger partial charge in [-0.3, -0.25) is 10.00 Å². The highest BCUT2D eigenvalue weighted by molar-refractivity contribution is 5.76. The number of hydrogen-bond acceptors (Lipinski definition) is 6. The molecule has 1 saturated heterocycles. The van der Waals surface area contributed by atoms with Gasteiger partial charge in [0.1, 0.15) is 11.0 Å². The van der Waals surface area contributed by atoms with Crippen LogP contribution in [-0.2, 0) is 13.0 Å². The highest BCUT2D eigenvalue weighted by Crippen LogP contribution is 2.24. The summed E-state index contributed by atoms with van der Waals surface area (Å²) >= 11 is 0. The number of rotatable bonds is 4. The zero-order valence-corrected chi connectivity index (χ0v) is 12.9. The zero-order valence-electron chi connectivity index (χ0n) is 12.9. The number of aliphatic hydroxyl groups is 1. The Hall–Kier alpha value is -2.25. The predicted molar refractivity (Wildman–Crippen MR) is 83.6 cm³/mol. The van der Waals surface area contributed by atoms with E-state index >= 15 is 0 Å². The lowest BCUT2D eigenvalue weighted by Crippen LogP contribution is -2.21. The van der Waals surface area contributed by atoms with E-state index in [-0.39, 0.29) is 12.0 Å². The van der Waals surface area contributed by atoms with Crippen molar-refractivity contribution in [3.63, 3.8) is 0 Å². The van der Waals surface area contributed by atoms with Crippen LogP contribution in [0.1, 0.15) is 17.0 Å². The Labute approximate surface area is 133 Å². The summed E-state index contributed by atoms with van der Waals surface area (Å²) in [5, 5.41) is 25.4. The maximum Gasteiger partial charge on any atom is 0.139 e. The maximum atomic E-state index is 10.4. The monoisotopic (exact) mass is 313 g/mol. The Morgan fingerprint density at radius 3 is 3.09 bits per heavy atom. The Kier molecular flexibility index (Phi) is 3.59. The van der Waals surface area contributed by atoms with Gasteiger partial charge in [-0.1, -0.05) is 12.1 Å². The lowest BCUT2D eigenvalue weighted by Gasteiger charge is -2.15. The molecule has 7 heteroatoms. The van der Waals surface area contributed by atoms with Crippen LogP contribution in [0.4, 0.5) is 0 Å². The molecule has 0 amide bonds. The molecule has 1 aromatic carbocycles. The maximum absolute atomic E-state index is 10.4. The second kappa shape index (κ2) is 5.75. The van der Waals surface area contributed by atoms with Gasteiger partial charge in [-0.2, -0.15) is 5.10 Å². The van der Waals surface area contributed by atoms with Crippen LogP contribution in [0.15, 0.2) is 28.9 Å². The molecule has 120 valence electrons. The van der Waals surface area contributed by atoms with Crippen molar-refractivity contribution in [1.29, 1.82) is 0 Å². The molecular formula is C16H19N5O2. The van der Waals surface area contributed by atoms with E-state index < -0.39 is 0 Å². The number of H-pyrrole nitrogens is 1. The van der Waals surface area contributed by atoms with Crippen molar-refractivity contribution in [2.45, 2.75) is 26.0 Å². The Bertz CT molecular complexity index is 812. The van der Waals surface area contributed by atoms with Crippen LogP contribution >= 0.6 is 0 Å². The summed E-state index contributed by atoms with van der Waals surface area (Å²) in [6.07, 6.45) is 0.458. The molecule has 0 spiro atoms. The first-order chi connectivity index (χ1) is 11.2. The molecule has 2 unspecified atom stereocenters. The molecule has 23 heavy (non-hydrogen) atoms. The first-order valence-electron chi connectivity index (χ1n) is 7.80. The minimum Gasteiger partial charge on any atom is -0.391 e. The van der Waals surface area contributed by atoms with Crippen LogP contribution in [0.5, 0.6) is 0 Å². The molecule has 2 aromatic heterocycles. The molecule has 1 aliphatic rings. The fraction of sp³-hybridized carbons (Fsp3) is 0.438. The summed E-state index contributed by atoms with van der Waals surface area (Å²) < 4.78 is 4.81. The molecule has 7 nitrogen and oxygen atoms in total. The van der Waals surface area contributed by atoms with Crippen LogP contribution in [0.25, 0.3) is 11.0 Å². The molecule has 0 saturated carbocycles. The topological polar surface area (TPSA) is 91.1 Å². The van der Waals surface area contributed by atoms with E-state index in [0.29, 0.717) is 6.54 Å². The number of nitrogens with one attached hydrogen (secondary N) is 1. The van der Waals surface area contributed by atoms with Gasteiger partial charge in [0.15, 0.2) is 0 Å². The smallest absolute Gasteiger partial charge is 0.139 e. The van der Waals surface area contributed by atoms with Crippen molar-refractivity contribution in [2.75, 3.05) is 13.1 Å².